The number of nitrogen functional groups attached to an aromatic ring is 1. The van der Waals surface area contributed by atoms with Crippen LogP contribution in [0.2, 0.25) is 0 Å². The van der Waals surface area contributed by atoms with E-state index < -0.39 is 10.0 Å². The van der Waals surface area contributed by atoms with Gasteiger partial charge in [0.1, 0.15) is 11.6 Å². The van der Waals surface area contributed by atoms with Gasteiger partial charge < -0.3 is 11.1 Å². The zero-order chi connectivity index (χ0) is 15.3. The third-order valence-corrected chi connectivity index (χ3v) is 3.30. The Hall–Kier alpha value is -2.19. The number of nitrogens with two attached hydrogens (primary N) is 1. The molecule has 0 saturated carbocycles. The van der Waals surface area contributed by atoms with Gasteiger partial charge in [0.05, 0.1) is 6.26 Å². The molecule has 2 rings (SSSR count). The first-order chi connectivity index (χ1) is 9.94. The Labute approximate surface area is 123 Å². The molecule has 4 N–H and O–H groups in total. The minimum Gasteiger partial charge on any atom is -0.384 e. The van der Waals surface area contributed by atoms with Crippen LogP contribution in [0.1, 0.15) is 0 Å². The fourth-order valence-corrected chi connectivity index (χ4v) is 2.17. The molecule has 2 aromatic rings. The van der Waals surface area contributed by atoms with E-state index in [-0.39, 0.29) is 6.54 Å². The number of hydrogen-bond donors (Lipinski definition) is 3. The molecule has 0 bridgehead atoms. The van der Waals surface area contributed by atoms with E-state index in [1.807, 2.05) is 30.3 Å². The predicted octanol–water partition coefficient (Wildman–Crippen LogP) is 0.687. The summed E-state index contributed by atoms with van der Waals surface area (Å²) in [5, 5.41) is 3.01. The lowest BCUT2D eigenvalue weighted by molar-refractivity contribution is 0.589. The second-order valence-corrected chi connectivity index (χ2v) is 6.29. The fourth-order valence-electron chi connectivity index (χ4n) is 1.70. The third-order valence-electron chi connectivity index (χ3n) is 2.57. The Morgan fingerprint density at radius 3 is 2.52 bits per heavy atom. The molecule has 1 aromatic carbocycles. The molecular weight excluding hydrogens is 290 g/mol. The van der Waals surface area contributed by atoms with Crippen molar-refractivity contribution in [2.75, 3.05) is 30.4 Å². The molecule has 1 aromatic heterocycles. The molecule has 0 aliphatic heterocycles. The molecule has 0 unspecified atom stereocenters. The van der Waals surface area contributed by atoms with Crippen LogP contribution < -0.4 is 15.8 Å². The molecule has 0 aliphatic carbocycles. The number of rotatable bonds is 6. The van der Waals surface area contributed by atoms with Crippen molar-refractivity contribution in [2.24, 2.45) is 0 Å². The average molecular weight is 307 g/mol. The van der Waals surface area contributed by atoms with Crippen LogP contribution in [0, 0.1) is 0 Å². The number of hydrogen-bond acceptors (Lipinski definition) is 6. The van der Waals surface area contributed by atoms with Gasteiger partial charge in [-0.15, -0.1) is 0 Å². The van der Waals surface area contributed by atoms with Gasteiger partial charge in [-0.2, -0.15) is 0 Å². The Morgan fingerprint density at radius 1 is 1.14 bits per heavy atom. The SMILES string of the molecule is CS(=O)(=O)NCCNc1cc(N)nc(-c2ccccc2)n1. The largest absolute Gasteiger partial charge is 0.384 e. The number of nitrogens with zero attached hydrogens (tertiary/aromatic N) is 2. The third kappa shape index (κ3) is 5.01. The topological polar surface area (TPSA) is 110 Å². The van der Waals surface area contributed by atoms with Crippen molar-refractivity contribution in [3.63, 3.8) is 0 Å². The lowest BCUT2D eigenvalue weighted by Crippen LogP contribution is -2.27. The lowest BCUT2D eigenvalue weighted by atomic mass is 10.2. The Morgan fingerprint density at radius 2 is 1.86 bits per heavy atom. The van der Waals surface area contributed by atoms with Gasteiger partial charge in [0.25, 0.3) is 0 Å². The molecule has 1 heterocycles. The molecular formula is C13H17N5O2S. The highest BCUT2D eigenvalue weighted by Crippen LogP contribution is 2.18. The maximum absolute atomic E-state index is 11.0. The Kier molecular flexibility index (Phi) is 4.71. The summed E-state index contributed by atoms with van der Waals surface area (Å²) in [7, 11) is -3.19. The predicted molar refractivity (Wildman–Crippen MR) is 83.2 cm³/mol. The van der Waals surface area contributed by atoms with E-state index in [0.29, 0.717) is 24.0 Å². The van der Waals surface area contributed by atoms with E-state index in [4.69, 9.17) is 5.73 Å². The van der Waals surface area contributed by atoms with E-state index >= 15 is 0 Å². The molecule has 0 fully saturated rings. The van der Waals surface area contributed by atoms with Crippen LogP contribution >= 0.6 is 0 Å². The summed E-state index contributed by atoms with van der Waals surface area (Å²) in [4.78, 5) is 8.55. The molecule has 0 saturated heterocycles. The molecule has 0 spiro atoms. The second-order valence-electron chi connectivity index (χ2n) is 4.46. The van der Waals surface area contributed by atoms with E-state index in [0.717, 1.165) is 11.8 Å². The molecule has 8 heteroatoms. The molecule has 0 aliphatic rings. The summed E-state index contributed by atoms with van der Waals surface area (Å²) in [6, 6.07) is 11.1. The zero-order valence-electron chi connectivity index (χ0n) is 11.6. The molecule has 21 heavy (non-hydrogen) atoms. The highest BCUT2D eigenvalue weighted by Gasteiger charge is 2.05. The first kappa shape index (κ1) is 15.2. The molecule has 7 nitrogen and oxygen atoms in total. The molecule has 0 amide bonds. The van der Waals surface area contributed by atoms with E-state index in [2.05, 4.69) is 20.0 Å². The summed E-state index contributed by atoms with van der Waals surface area (Å²) in [5.41, 5.74) is 6.63. The number of nitrogens with one attached hydrogen (secondary N) is 2. The number of anilines is 2. The monoisotopic (exact) mass is 307 g/mol. The van der Waals surface area contributed by atoms with Crippen LogP contribution in [0.15, 0.2) is 36.4 Å². The van der Waals surface area contributed by atoms with E-state index in [1.54, 1.807) is 6.07 Å². The number of sulfonamides is 1. The molecule has 0 atom stereocenters. The van der Waals surface area contributed by atoms with Crippen LogP contribution in [-0.2, 0) is 10.0 Å². The van der Waals surface area contributed by atoms with Crippen LogP contribution in [0.4, 0.5) is 11.6 Å². The minimum atomic E-state index is -3.19. The van der Waals surface area contributed by atoms with Gasteiger partial charge in [-0.3, -0.25) is 0 Å². The maximum Gasteiger partial charge on any atom is 0.208 e. The molecule has 0 radical (unpaired) electrons. The number of benzene rings is 1. The summed E-state index contributed by atoms with van der Waals surface area (Å²) >= 11 is 0. The van der Waals surface area contributed by atoms with Crippen molar-refractivity contribution < 1.29 is 8.42 Å². The van der Waals surface area contributed by atoms with Crippen molar-refractivity contribution in [1.29, 1.82) is 0 Å². The summed E-state index contributed by atoms with van der Waals surface area (Å²) in [5.74, 6) is 1.42. The van der Waals surface area contributed by atoms with Gasteiger partial charge in [-0.25, -0.2) is 23.1 Å². The van der Waals surface area contributed by atoms with Crippen molar-refractivity contribution in [3.05, 3.63) is 36.4 Å². The standard InChI is InChI=1S/C13H17N5O2S/c1-21(19,20)16-8-7-15-12-9-11(14)17-13(18-12)10-5-3-2-4-6-10/h2-6,9,16H,7-8H2,1H3,(H3,14,15,17,18). The number of aromatic nitrogens is 2. The van der Waals surface area contributed by atoms with Gasteiger partial charge in [-0.05, 0) is 0 Å². The summed E-state index contributed by atoms with van der Waals surface area (Å²) in [6.45, 7) is 0.668. The van der Waals surface area contributed by atoms with Crippen LogP contribution in [0.5, 0.6) is 0 Å². The lowest BCUT2D eigenvalue weighted by Gasteiger charge is -2.08. The average Bonchev–Trinajstić information content (AvgIpc) is 2.43. The quantitative estimate of drug-likeness (QED) is 0.677. The van der Waals surface area contributed by atoms with Gasteiger partial charge in [-0.1, -0.05) is 30.3 Å². The summed E-state index contributed by atoms with van der Waals surface area (Å²) in [6.07, 6.45) is 1.11. The van der Waals surface area contributed by atoms with Crippen molar-refractivity contribution >= 4 is 21.7 Å². The van der Waals surface area contributed by atoms with Crippen LogP contribution in [-0.4, -0.2) is 37.7 Å². The van der Waals surface area contributed by atoms with Crippen molar-refractivity contribution in [3.8, 4) is 11.4 Å². The van der Waals surface area contributed by atoms with Crippen molar-refractivity contribution in [2.45, 2.75) is 0 Å². The molecule has 112 valence electrons. The van der Waals surface area contributed by atoms with Gasteiger partial charge >= 0.3 is 0 Å². The summed E-state index contributed by atoms with van der Waals surface area (Å²) < 4.78 is 24.3. The first-order valence-corrected chi connectivity index (χ1v) is 8.22. The highest BCUT2D eigenvalue weighted by atomic mass is 32.2. The highest BCUT2D eigenvalue weighted by molar-refractivity contribution is 7.88. The van der Waals surface area contributed by atoms with E-state index in [1.165, 1.54) is 0 Å². The first-order valence-electron chi connectivity index (χ1n) is 6.32. The van der Waals surface area contributed by atoms with Crippen LogP contribution in [0.3, 0.4) is 0 Å². The normalized spacial score (nSPS) is 11.3. The minimum absolute atomic E-state index is 0.267. The fraction of sp³-hybridized carbons (Fsp3) is 0.231. The smallest absolute Gasteiger partial charge is 0.208 e. The maximum atomic E-state index is 11.0. The Bertz CT molecular complexity index is 704. The van der Waals surface area contributed by atoms with Gasteiger partial charge in [0, 0.05) is 24.7 Å². The Balaban J connectivity index is 2.06. The van der Waals surface area contributed by atoms with Gasteiger partial charge in [0.15, 0.2) is 5.82 Å². The van der Waals surface area contributed by atoms with Gasteiger partial charge in [0.2, 0.25) is 10.0 Å². The van der Waals surface area contributed by atoms with Crippen molar-refractivity contribution in [1.82, 2.24) is 14.7 Å². The van der Waals surface area contributed by atoms with Crippen LogP contribution in [0.25, 0.3) is 11.4 Å². The van der Waals surface area contributed by atoms with E-state index in [9.17, 15) is 8.42 Å². The zero-order valence-corrected chi connectivity index (χ0v) is 12.4. The second kappa shape index (κ2) is 6.51.